The zero-order valence-electron chi connectivity index (χ0n) is 12.9. The van der Waals surface area contributed by atoms with Crippen molar-refractivity contribution >= 4 is 11.9 Å². The van der Waals surface area contributed by atoms with Crippen molar-refractivity contribution < 1.29 is 19.1 Å². The van der Waals surface area contributed by atoms with Crippen LogP contribution in [0.2, 0.25) is 0 Å². The van der Waals surface area contributed by atoms with Gasteiger partial charge >= 0.3 is 5.97 Å². The molecule has 0 unspecified atom stereocenters. The van der Waals surface area contributed by atoms with E-state index in [4.69, 9.17) is 14.7 Å². The van der Waals surface area contributed by atoms with Crippen LogP contribution in [0.1, 0.15) is 15.9 Å². The van der Waals surface area contributed by atoms with Crippen molar-refractivity contribution in [3.05, 3.63) is 65.7 Å². The van der Waals surface area contributed by atoms with Crippen molar-refractivity contribution in [3.8, 4) is 11.8 Å². The highest BCUT2D eigenvalue weighted by Gasteiger charge is 2.08. The number of esters is 1. The van der Waals surface area contributed by atoms with Crippen LogP contribution in [0, 0.1) is 11.3 Å². The predicted octanol–water partition coefficient (Wildman–Crippen LogP) is 1.91. The lowest BCUT2D eigenvalue weighted by Crippen LogP contribution is -2.31. The Morgan fingerprint density at radius 2 is 1.71 bits per heavy atom. The van der Waals surface area contributed by atoms with Gasteiger partial charge in [0, 0.05) is 5.56 Å². The fourth-order valence-electron chi connectivity index (χ4n) is 1.84. The zero-order valence-corrected chi connectivity index (χ0v) is 12.9. The van der Waals surface area contributed by atoms with Gasteiger partial charge in [0.2, 0.25) is 0 Å². The molecule has 122 valence electrons. The van der Waals surface area contributed by atoms with E-state index in [-0.39, 0.29) is 25.7 Å². The number of carbonyl (C=O) groups excluding carboxylic acids is 2. The Bertz CT molecular complexity index is 721. The van der Waals surface area contributed by atoms with Crippen LogP contribution in [-0.2, 0) is 9.53 Å². The number of nitrogens with zero attached hydrogens (tertiary/aromatic N) is 1. The Morgan fingerprint density at radius 3 is 2.38 bits per heavy atom. The number of carbonyl (C=O) groups is 2. The number of hydrogen-bond acceptors (Lipinski definition) is 5. The first-order chi connectivity index (χ1) is 11.7. The van der Waals surface area contributed by atoms with E-state index in [2.05, 4.69) is 5.32 Å². The summed E-state index contributed by atoms with van der Waals surface area (Å²) in [7, 11) is 0. The van der Waals surface area contributed by atoms with Crippen LogP contribution in [0.25, 0.3) is 0 Å². The molecule has 2 aromatic rings. The van der Waals surface area contributed by atoms with Gasteiger partial charge in [-0.25, -0.2) is 0 Å². The van der Waals surface area contributed by atoms with Crippen LogP contribution >= 0.6 is 0 Å². The molecular formula is C18H16N2O4. The molecule has 2 aromatic carbocycles. The van der Waals surface area contributed by atoms with Crippen LogP contribution in [0.15, 0.2) is 54.6 Å². The Hall–Kier alpha value is -3.33. The molecule has 0 aromatic heterocycles. The van der Waals surface area contributed by atoms with Gasteiger partial charge in [-0.15, -0.1) is 0 Å². The number of nitrogens with one attached hydrogen (secondary N) is 1. The second kappa shape index (κ2) is 8.96. The first-order valence-corrected chi connectivity index (χ1v) is 7.31. The maximum absolute atomic E-state index is 11.7. The number of nitriles is 1. The van der Waals surface area contributed by atoms with E-state index in [9.17, 15) is 9.59 Å². The Balaban J connectivity index is 1.63. The van der Waals surface area contributed by atoms with E-state index in [1.165, 1.54) is 0 Å². The SMILES string of the molecule is N#Cc1ccc(OCCOC(=O)CNC(=O)c2ccccc2)cc1. The van der Waals surface area contributed by atoms with E-state index >= 15 is 0 Å². The predicted molar refractivity (Wildman–Crippen MR) is 86.4 cm³/mol. The van der Waals surface area contributed by atoms with Crippen molar-refractivity contribution in [2.45, 2.75) is 0 Å². The molecule has 6 nitrogen and oxygen atoms in total. The van der Waals surface area contributed by atoms with E-state index in [1.807, 2.05) is 6.07 Å². The van der Waals surface area contributed by atoms with Gasteiger partial charge in [0.15, 0.2) is 0 Å². The van der Waals surface area contributed by atoms with E-state index in [0.29, 0.717) is 16.9 Å². The summed E-state index contributed by atoms with van der Waals surface area (Å²) in [6.45, 7) is 0.0505. The van der Waals surface area contributed by atoms with Gasteiger partial charge < -0.3 is 14.8 Å². The number of hydrogen-bond donors (Lipinski definition) is 1. The normalized spacial score (nSPS) is 9.62. The van der Waals surface area contributed by atoms with E-state index in [0.717, 1.165) is 0 Å². The summed E-state index contributed by atoms with van der Waals surface area (Å²) in [5, 5.41) is 11.2. The number of amides is 1. The topological polar surface area (TPSA) is 88.4 Å². The average molecular weight is 324 g/mol. The lowest BCUT2D eigenvalue weighted by molar-refractivity contribution is -0.143. The molecular weight excluding hydrogens is 308 g/mol. The lowest BCUT2D eigenvalue weighted by atomic mass is 10.2. The van der Waals surface area contributed by atoms with Crippen molar-refractivity contribution in [1.82, 2.24) is 5.32 Å². The van der Waals surface area contributed by atoms with Gasteiger partial charge in [-0.3, -0.25) is 9.59 Å². The molecule has 1 N–H and O–H groups in total. The summed E-state index contributed by atoms with van der Waals surface area (Å²) in [5.74, 6) is -0.286. The van der Waals surface area contributed by atoms with Crippen molar-refractivity contribution in [1.29, 1.82) is 5.26 Å². The molecule has 24 heavy (non-hydrogen) atoms. The summed E-state index contributed by atoms with van der Waals surface area (Å²) in [6.07, 6.45) is 0. The Labute approximate surface area is 139 Å². The van der Waals surface area contributed by atoms with Crippen LogP contribution in [0.5, 0.6) is 5.75 Å². The quantitative estimate of drug-likeness (QED) is 0.621. The highest BCUT2D eigenvalue weighted by atomic mass is 16.6. The standard InChI is InChI=1S/C18H16N2O4/c19-12-14-6-8-16(9-7-14)23-10-11-24-17(21)13-20-18(22)15-4-2-1-3-5-15/h1-9H,10-11,13H2,(H,20,22). The van der Waals surface area contributed by atoms with Gasteiger partial charge in [-0.1, -0.05) is 18.2 Å². The number of benzene rings is 2. The molecule has 2 rings (SSSR count). The smallest absolute Gasteiger partial charge is 0.325 e. The molecule has 0 saturated heterocycles. The van der Waals surface area contributed by atoms with E-state index < -0.39 is 5.97 Å². The summed E-state index contributed by atoms with van der Waals surface area (Å²) < 4.78 is 10.3. The molecule has 0 fully saturated rings. The Kier molecular flexibility index (Phi) is 6.35. The van der Waals surface area contributed by atoms with Gasteiger partial charge in [0.1, 0.15) is 25.5 Å². The van der Waals surface area contributed by atoms with Gasteiger partial charge in [-0.2, -0.15) is 5.26 Å². The minimum absolute atomic E-state index is 0.0695. The van der Waals surface area contributed by atoms with Crippen LogP contribution in [0.4, 0.5) is 0 Å². The molecule has 0 aliphatic carbocycles. The third kappa shape index (κ3) is 5.46. The molecule has 0 spiro atoms. The lowest BCUT2D eigenvalue weighted by Gasteiger charge is -2.08. The van der Waals surface area contributed by atoms with Gasteiger partial charge in [-0.05, 0) is 36.4 Å². The average Bonchev–Trinajstić information content (AvgIpc) is 2.64. The fraction of sp³-hybridized carbons (Fsp3) is 0.167. The largest absolute Gasteiger partial charge is 0.490 e. The molecule has 0 bridgehead atoms. The minimum atomic E-state index is -0.539. The zero-order chi connectivity index (χ0) is 17.2. The summed E-state index contributed by atoms with van der Waals surface area (Å²) in [4.78, 5) is 23.3. The van der Waals surface area contributed by atoms with Crippen LogP contribution in [0.3, 0.4) is 0 Å². The number of rotatable bonds is 7. The highest BCUT2D eigenvalue weighted by molar-refractivity contribution is 5.95. The van der Waals surface area contributed by atoms with Gasteiger partial charge in [0.05, 0.1) is 11.6 Å². The minimum Gasteiger partial charge on any atom is -0.490 e. The maximum atomic E-state index is 11.7. The molecule has 6 heteroatoms. The molecule has 0 atom stereocenters. The summed E-state index contributed by atoms with van der Waals surface area (Å²) in [5.41, 5.74) is 1.03. The molecule has 1 amide bonds. The molecule has 0 aliphatic rings. The summed E-state index contributed by atoms with van der Waals surface area (Å²) >= 11 is 0. The van der Waals surface area contributed by atoms with Gasteiger partial charge in [0.25, 0.3) is 5.91 Å². The monoisotopic (exact) mass is 324 g/mol. The van der Waals surface area contributed by atoms with Crippen molar-refractivity contribution in [2.24, 2.45) is 0 Å². The first kappa shape index (κ1) is 17.0. The molecule has 0 heterocycles. The van der Waals surface area contributed by atoms with E-state index in [1.54, 1.807) is 54.6 Å². The second-order valence-corrected chi connectivity index (χ2v) is 4.75. The summed E-state index contributed by atoms with van der Waals surface area (Å²) in [6, 6.07) is 17.2. The van der Waals surface area contributed by atoms with Crippen LogP contribution < -0.4 is 10.1 Å². The van der Waals surface area contributed by atoms with Crippen molar-refractivity contribution in [3.63, 3.8) is 0 Å². The Morgan fingerprint density at radius 1 is 1.00 bits per heavy atom. The maximum Gasteiger partial charge on any atom is 0.325 e. The molecule has 0 saturated carbocycles. The molecule has 0 aliphatic heterocycles. The second-order valence-electron chi connectivity index (χ2n) is 4.75. The third-order valence-corrected chi connectivity index (χ3v) is 3.03. The number of ether oxygens (including phenoxy) is 2. The fourth-order valence-corrected chi connectivity index (χ4v) is 1.84. The molecule has 0 radical (unpaired) electrons. The van der Waals surface area contributed by atoms with Crippen LogP contribution in [-0.4, -0.2) is 31.6 Å². The highest BCUT2D eigenvalue weighted by Crippen LogP contribution is 2.11. The van der Waals surface area contributed by atoms with Crippen molar-refractivity contribution in [2.75, 3.05) is 19.8 Å². The first-order valence-electron chi connectivity index (χ1n) is 7.31. The third-order valence-electron chi connectivity index (χ3n) is 3.03.